The van der Waals surface area contributed by atoms with Crippen LogP contribution in [0.4, 0.5) is 0 Å². The molecule has 0 radical (unpaired) electrons. The molecular formula is C17H28ClN5. The van der Waals surface area contributed by atoms with Gasteiger partial charge in [-0.15, -0.1) is 0 Å². The smallest absolute Gasteiger partial charge is 0.191 e. The normalized spacial score (nSPS) is 22.0. The predicted octanol–water partition coefficient (Wildman–Crippen LogP) is 1.81. The molecule has 0 bridgehead atoms. The molecule has 0 aliphatic carbocycles. The van der Waals surface area contributed by atoms with E-state index in [0.717, 1.165) is 42.7 Å². The summed E-state index contributed by atoms with van der Waals surface area (Å²) in [5.41, 5.74) is 1.08. The third kappa shape index (κ3) is 5.09. The van der Waals surface area contributed by atoms with Crippen molar-refractivity contribution in [1.29, 1.82) is 0 Å². The number of nitrogens with one attached hydrogen (secondary N) is 2. The predicted molar refractivity (Wildman–Crippen MR) is 98.3 cm³/mol. The van der Waals surface area contributed by atoms with Crippen molar-refractivity contribution in [3.63, 3.8) is 0 Å². The van der Waals surface area contributed by atoms with Crippen molar-refractivity contribution in [2.75, 3.05) is 47.3 Å². The lowest BCUT2D eigenvalue weighted by molar-refractivity contribution is 0.116. The van der Waals surface area contributed by atoms with Crippen molar-refractivity contribution in [2.24, 2.45) is 4.99 Å². The van der Waals surface area contributed by atoms with Gasteiger partial charge in [-0.3, -0.25) is 9.89 Å². The van der Waals surface area contributed by atoms with Gasteiger partial charge in [0.2, 0.25) is 0 Å². The Morgan fingerprint density at radius 2 is 2.09 bits per heavy atom. The molecule has 1 aliphatic heterocycles. The van der Waals surface area contributed by atoms with Gasteiger partial charge in [-0.05, 0) is 32.6 Å². The van der Waals surface area contributed by atoms with Crippen LogP contribution in [0.5, 0.6) is 0 Å². The number of hydrogen-bond donors (Lipinski definition) is 2. The summed E-state index contributed by atoms with van der Waals surface area (Å²) in [6, 6.07) is 8.49. The molecule has 128 valence electrons. The second kappa shape index (κ2) is 8.52. The van der Waals surface area contributed by atoms with Gasteiger partial charge in [0.1, 0.15) is 0 Å². The number of hydrogen-bond acceptors (Lipinski definition) is 3. The average molecular weight is 338 g/mol. The lowest BCUT2D eigenvalue weighted by atomic mass is 10.1. The first-order valence-electron chi connectivity index (χ1n) is 8.11. The summed E-state index contributed by atoms with van der Waals surface area (Å²) >= 11 is 6.27. The molecule has 1 heterocycles. The molecule has 6 heteroatoms. The molecule has 1 aliphatic rings. The molecule has 0 amide bonds. The Morgan fingerprint density at radius 1 is 1.35 bits per heavy atom. The number of piperazine rings is 1. The van der Waals surface area contributed by atoms with E-state index in [1.54, 1.807) is 7.05 Å². The fourth-order valence-corrected chi connectivity index (χ4v) is 3.14. The molecule has 0 spiro atoms. The number of nitrogens with zero attached hydrogens (tertiary/aromatic N) is 3. The summed E-state index contributed by atoms with van der Waals surface area (Å²) < 4.78 is 0. The topological polar surface area (TPSA) is 42.9 Å². The van der Waals surface area contributed by atoms with Crippen LogP contribution < -0.4 is 10.6 Å². The minimum atomic E-state index is 0.0988. The van der Waals surface area contributed by atoms with Gasteiger partial charge in [0.05, 0.1) is 6.04 Å². The molecule has 0 aromatic heterocycles. The van der Waals surface area contributed by atoms with Crippen molar-refractivity contribution in [2.45, 2.75) is 19.0 Å². The Labute approximate surface area is 144 Å². The van der Waals surface area contributed by atoms with Crippen LogP contribution in [0.1, 0.15) is 18.5 Å². The zero-order valence-electron chi connectivity index (χ0n) is 14.5. The van der Waals surface area contributed by atoms with Crippen LogP contribution in [-0.2, 0) is 0 Å². The Morgan fingerprint density at radius 3 is 2.78 bits per heavy atom. The van der Waals surface area contributed by atoms with Crippen molar-refractivity contribution >= 4 is 17.6 Å². The van der Waals surface area contributed by atoms with E-state index in [9.17, 15) is 0 Å². The van der Waals surface area contributed by atoms with Crippen LogP contribution >= 0.6 is 11.6 Å². The van der Waals surface area contributed by atoms with Crippen molar-refractivity contribution < 1.29 is 0 Å². The highest BCUT2D eigenvalue weighted by Crippen LogP contribution is 2.21. The Kier molecular flexibility index (Phi) is 6.69. The van der Waals surface area contributed by atoms with Crippen LogP contribution in [-0.4, -0.2) is 69.1 Å². The van der Waals surface area contributed by atoms with Crippen LogP contribution in [0, 0.1) is 0 Å². The lowest BCUT2D eigenvalue weighted by Gasteiger charge is -2.38. The van der Waals surface area contributed by atoms with Gasteiger partial charge < -0.3 is 15.5 Å². The van der Waals surface area contributed by atoms with Crippen molar-refractivity contribution in [3.8, 4) is 0 Å². The van der Waals surface area contributed by atoms with Crippen molar-refractivity contribution in [3.05, 3.63) is 34.9 Å². The quantitative estimate of drug-likeness (QED) is 0.649. The summed E-state index contributed by atoms with van der Waals surface area (Å²) in [6.07, 6.45) is 0. The highest BCUT2D eigenvalue weighted by Gasteiger charge is 2.22. The number of rotatable bonds is 4. The number of aliphatic imine (C=N–C) groups is 1. The van der Waals surface area contributed by atoms with Crippen molar-refractivity contribution in [1.82, 2.24) is 20.4 Å². The monoisotopic (exact) mass is 337 g/mol. The first kappa shape index (κ1) is 18.0. The molecule has 0 saturated carbocycles. The van der Waals surface area contributed by atoms with E-state index in [2.05, 4.69) is 46.4 Å². The first-order chi connectivity index (χ1) is 11.0. The van der Waals surface area contributed by atoms with Gasteiger partial charge in [0.15, 0.2) is 5.96 Å². The number of likely N-dealkylation sites (N-methyl/N-ethyl adjacent to an activating group) is 2. The highest BCUT2D eigenvalue weighted by atomic mass is 35.5. The lowest BCUT2D eigenvalue weighted by Crippen LogP contribution is -2.55. The summed E-state index contributed by atoms with van der Waals surface area (Å²) in [6.45, 7) is 6.26. The average Bonchev–Trinajstić information content (AvgIpc) is 2.54. The summed E-state index contributed by atoms with van der Waals surface area (Å²) in [5, 5.41) is 7.62. The molecule has 2 unspecified atom stereocenters. The second-order valence-electron chi connectivity index (χ2n) is 6.24. The fourth-order valence-electron chi connectivity index (χ4n) is 2.84. The van der Waals surface area contributed by atoms with Crippen LogP contribution in [0.2, 0.25) is 5.02 Å². The maximum absolute atomic E-state index is 6.27. The van der Waals surface area contributed by atoms with Crippen LogP contribution in [0.15, 0.2) is 29.3 Å². The van der Waals surface area contributed by atoms with E-state index in [4.69, 9.17) is 11.6 Å². The van der Waals surface area contributed by atoms with E-state index in [1.165, 1.54) is 0 Å². The minimum absolute atomic E-state index is 0.0988. The molecule has 1 aromatic carbocycles. The molecule has 2 atom stereocenters. The van der Waals surface area contributed by atoms with Gasteiger partial charge in [0.25, 0.3) is 0 Å². The number of guanidine groups is 1. The molecule has 1 aromatic rings. The molecule has 23 heavy (non-hydrogen) atoms. The van der Waals surface area contributed by atoms with Gasteiger partial charge in [-0.2, -0.15) is 0 Å². The third-order valence-corrected chi connectivity index (χ3v) is 4.78. The standard InChI is InChI=1S/C17H28ClN5/c1-13(15-7-5-6-8-16(15)18)21-17(19-2)20-11-14-12-22(3)9-10-23(14)4/h5-8,13-14H,9-12H2,1-4H3,(H2,19,20,21). The summed E-state index contributed by atoms with van der Waals surface area (Å²) in [5.74, 6) is 0.805. The van der Waals surface area contributed by atoms with E-state index in [0.29, 0.717) is 6.04 Å². The van der Waals surface area contributed by atoms with E-state index in [-0.39, 0.29) is 6.04 Å². The highest BCUT2D eigenvalue weighted by molar-refractivity contribution is 6.31. The van der Waals surface area contributed by atoms with E-state index < -0.39 is 0 Å². The largest absolute Gasteiger partial charge is 0.355 e. The maximum Gasteiger partial charge on any atom is 0.191 e. The Bertz CT molecular complexity index is 533. The molecule has 5 nitrogen and oxygen atoms in total. The zero-order valence-corrected chi connectivity index (χ0v) is 15.3. The summed E-state index contributed by atoms with van der Waals surface area (Å²) in [4.78, 5) is 9.10. The Balaban J connectivity index is 1.89. The molecule has 1 fully saturated rings. The van der Waals surface area contributed by atoms with E-state index >= 15 is 0 Å². The second-order valence-corrected chi connectivity index (χ2v) is 6.64. The molecule has 1 saturated heterocycles. The SMILES string of the molecule is CN=C(NCC1CN(C)CCN1C)NC(C)c1ccccc1Cl. The zero-order chi connectivity index (χ0) is 16.8. The maximum atomic E-state index is 6.27. The third-order valence-electron chi connectivity index (χ3n) is 4.43. The minimum Gasteiger partial charge on any atom is -0.355 e. The number of benzene rings is 1. The molecule has 2 N–H and O–H groups in total. The van der Waals surface area contributed by atoms with Gasteiger partial charge in [-0.1, -0.05) is 29.8 Å². The number of halogens is 1. The van der Waals surface area contributed by atoms with Gasteiger partial charge >= 0.3 is 0 Å². The van der Waals surface area contributed by atoms with Crippen LogP contribution in [0.25, 0.3) is 0 Å². The molecular weight excluding hydrogens is 310 g/mol. The van der Waals surface area contributed by atoms with Gasteiger partial charge in [0, 0.05) is 44.3 Å². The summed E-state index contributed by atoms with van der Waals surface area (Å²) in [7, 11) is 6.15. The van der Waals surface area contributed by atoms with E-state index in [1.807, 2.05) is 24.3 Å². The first-order valence-corrected chi connectivity index (χ1v) is 8.49. The van der Waals surface area contributed by atoms with Crippen LogP contribution in [0.3, 0.4) is 0 Å². The van der Waals surface area contributed by atoms with Gasteiger partial charge in [-0.25, -0.2) is 0 Å². The Hall–Kier alpha value is -1.30. The molecule has 2 rings (SSSR count). The fraction of sp³-hybridized carbons (Fsp3) is 0.588.